The van der Waals surface area contributed by atoms with E-state index < -0.39 is 0 Å². The number of rotatable bonds is 3. The molecule has 0 unspecified atom stereocenters. The number of ether oxygens (including phenoxy) is 1. The first-order valence-corrected chi connectivity index (χ1v) is 5.13. The first kappa shape index (κ1) is 9.50. The smallest absolute Gasteiger partial charge is 0.126 e. The van der Waals surface area contributed by atoms with Crippen LogP contribution >= 0.6 is 0 Å². The maximum Gasteiger partial charge on any atom is 0.126 e. The zero-order valence-electron chi connectivity index (χ0n) is 8.59. The maximum absolute atomic E-state index is 13.3. The summed E-state index contributed by atoms with van der Waals surface area (Å²) < 4.78 is 18.9. The van der Waals surface area contributed by atoms with Gasteiger partial charge in [0.25, 0.3) is 0 Å². The molecule has 0 amide bonds. The van der Waals surface area contributed by atoms with Gasteiger partial charge in [-0.25, -0.2) is 4.39 Å². The Morgan fingerprint density at radius 1 is 1.36 bits per heavy atom. The van der Waals surface area contributed by atoms with Crippen molar-refractivity contribution in [2.24, 2.45) is 0 Å². The van der Waals surface area contributed by atoms with E-state index in [1.807, 2.05) is 19.9 Å². The predicted octanol–water partition coefficient (Wildman–Crippen LogP) is 3.49. The molecule has 0 aromatic heterocycles. The van der Waals surface area contributed by atoms with E-state index in [4.69, 9.17) is 4.74 Å². The minimum atomic E-state index is -0.136. The third kappa shape index (κ3) is 2.06. The summed E-state index contributed by atoms with van der Waals surface area (Å²) in [5, 5.41) is 0. The number of benzene rings is 1. The van der Waals surface area contributed by atoms with Crippen molar-refractivity contribution in [3.05, 3.63) is 29.6 Å². The van der Waals surface area contributed by atoms with Gasteiger partial charge in [-0.2, -0.15) is 0 Å². The van der Waals surface area contributed by atoms with Crippen LogP contribution in [0.3, 0.4) is 0 Å². The van der Waals surface area contributed by atoms with Crippen LogP contribution in [0.4, 0.5) is 4.39 Å². The normalized spacial score (nSPS) is 16.0. The van der Waals surface area contributed by atoms with E-state index in [2.05, 4.69) is 0 Å². The molecule has 1 saturated carbocycles. The van der Waals surface area contributed by atoms with Gasteiger partial charge in [-0.3, -0.25) is 0 Å². The van der Waals surface area contributed by atoms with E-state index in [9.17, 15) is 4.39 Å². The minimum absolute atomic E-state index is 0.136. The van der Waals surface area contributed by atoms with Crippen molar-refractivity contribution in [3.8, 4) is 5.75 Å². The molecule has 2 heteroatoms. The van der Waals surface area contributed by atoms with Gasteiger partial charge in [0.2, 0.25) is 0 Å². The van der Waals surface area contributed by atoms with Crippen LogP contribution in [0.25, 0.3) is 0 Å². The van der Waals surface area contributed by atoms with Gasteiger partial charge < -0.3 is 4.74 Å². The summed E-state index contributed by atoms with van der Waals surface area (Å²) in [5.41, 5.74) is 0.739. The summed E-state index contributed by atoms with van der Waals surface area (Å²) >= 11 is 0. The second-order valence-corrected chi connectivity index (χ2v) is 4.16. The monoisotopic (exact) mass is 194 g/mol. The van der Waals surface area contributed by atoms with E-state index in [1.54, 1.807) is 6.07 Å². The Morgan fingerprint density at radius 3 is 2.64 bits per heavy atom. The quantitative estimate of drug-likeness (QED) is 0.715. The van der Waals surface area contributed by atoms with E-state index in [0.717, 1.165) is 24.2 Å². The highest BCUT2D eigenvalue weighted by Crippen LogP contribution is 2.29. The molecule has 0 aliphatic heterocycles. The number of hydrogen-bond acceptors (Lipinski definition) is 1. The van der Waals surface area contributed by atoms with E-state index in [1.165, 1.54) is 6.07 Å². The Hall–Kier alpha value is -1.05. The fourth-order valence-corrected chi connectivity index (χ4v) is 1.42. The lowest BCUT2D eigenvalue weighted by Crippen LogP contribution is -1.99. The molecule has 0 radical (unpaired) electrons. The van der Waals surface area contributed by atoms with Crippen LogP contribution in [0.2, 0.25) is 0 Å². The summed E-state index contributed by atoms with van der Waals surface area (Å²) in [5.74, 6) is 0.874. The molecule has 0 N–H and O–H groups in total. The lowest BCUT2D eigenvalue weighted by atomic mass is 10.0. The van der Waals surface area contributed by atoms with Crippen molar-refractivity contribution in [2.75, 3.05) is 0 Å². The molecule has 1 aliphatic carbocycles. The van der Waals surface area contributed by atoms with Crippen LogP contribution in [0.15, 0.2) is 18.2 Å². The van der Waals surface area contributed by atoms with E-state index in [0.29, 0.717) is 6.10 Å². The summed E-state index contributed by atoms with van der Waals surface area (Å²) in [6, 6.07) is 5.02. The van der Waals surface area contributed by atoms with Gasteiger partial charge in [0.1, 0.15) is 11.6 Å². The second-order valence-electron chi connectivity index (χ2n) is 4.16. The highest BCUT2D eigenvalue weighted by Gasteiger charge is 2.23. The third-order valence-electron chi connectivity index (χ3n) is 2.42. The zero-order chi connectivity index (χ0) is 10.1. The molecule has 0 atom stereocenters. The summed E-state index contributed by atoms with van der Waals surface area (Å²) in [6.07, 6.45) is 2.64. The standard InChI is InChI=1S/C12H15FO/c1-8(2)11-7-10(5-6-12(11)13)14-9-3-4-9/h5-9H,3-4H2,1-2H3. The molecule has 0 bridgehead atoms. The molecule has 0 saturated heterocycles. The van der Waals surface area contributed by atoms with Gasteiger partial charge in [0.05, 0.1) is 6.10 Å². The summed E-state index contributed by atoms with van der Waals surface area (Å²) in [6.45, 7) is 3.97. The van der Waals surface area contributed by atoms with Crippen LogP contribution in [-0.2, 0) is 0 Å². The van der Waals surface area contributed by atoms with Gasteiger partial charge in [0, 0.05) is 0 Å². The van der Waals surface area contributed by atoms with Crippen molar-refractivity contribution in [1.82, 2.24) is 0 Å². The fourth-order valence-electron chi connectivity index (χ4n) is 1.42. The molecule has 76 valence electrons. The Morgan fingerprint density at radius 2 is 2.07 bits per heavy atom. The van der Waals surface area contributed by atoms with Crippen LogP contribution in [0, 0.1) is 5.82 Å². The second kappa shape index (κ2) is 3.60. The molecule has 0 spiro atoms. The molecule has 2 rings (SSSR count). The minimum Gasteiger partial charge on any atom is -0.490 e. The maximum atomic E-state index is 13.3. The average Bonchev–Trinajstić information content (AvgIpc) is 2.92. The molecule has 1 aromatic carbocycles. The first-order valence-electron chi connectivity index (χ1n) is 5.13. The molecule has 1 aromatic rings. The molecule has 1 aliphatic rings. The fraction of sp³-hybridized carbons (Fsp3) is 0.500. The number of halogens is 1. The molecular formula is C12H15FO. The SMILES string of the molecule is CC(C)c1cc(OC2CC2)ccc1F. The van der Waals surface area contributed by atoms with Gasteiger partial charge >= 0.3 is 0 Å². The first-order chi connectivity index (χ1) is 6.66. The third-order valence-corrected chi connectivity index (χ3v) is 2.42. The Bertz CT molecular complexity index is 329. The summed E-state index contributed by atoms with van der Waals surface area (Å²) in [4.78, 5) is 0. The molecule has 1 fully saturated rings. The van der Waals surface area contributed by atoms with Crippen molar-refractivity contribution in [2.45, 2.75) is 38.7 Å². The number of hydrogen-bond donors (Lipinski definition) is 0. The highest BCUT2D eigenvalue weighted by atomic mass is 19.1. The Labute approximate surface area is 83.9 Å². The van der Waals surface area contributed by atoms with Gasteiger partial charge in [0.15, 0.2) is 0 Å². The van der Waals surface area contributed by atoms with Crippen LogP contribution in [-0.4, -0.2) is 6.10 Å². The molecule has 14 heavy (non-hydrogen) atoms. The topological polar surface area (TPSA) is 9.23 Å². The average molecular weight is 194 g/mol. The van der Waals surface area contributed by atoms with Crippen molar-refractivity contribution < 1.29 is 9.13 Å². The zero-order valence-corrected chi connectivity index (χ0v) is 8.59. The van der Waals surface area contributed by atoms with Gasteiger partial charge in [-0.1, -0.05) is 13.8 Å². The van der Waals surface area contributed by atoms with Crippen LogP contribution in [0.1, 0.15) is 38.2 Å². The Kier molecular flexibility index (Phi) is 2.44. The lowest BCUT2D eigenvalue weighted by molar-refractivity contribution is 0.302. The van der Waals surface area contributed by atoms with Crippen molar-refractivity contribution in [1.29, 1.82) is 0 Å². The molecule has 0 heterocycles. The van der Waals surface area contributed by atoms with Crippen LogP contribution in [0.5, 0.6) is 5.75 Å². The molecular weight excluding hydrogens is 179 g/mol. The van der Waals surface area contributed by atoms with Crippen LogP contribution < -0.4 is 4.74 Å². The van der Waals surface area contributed by atoms with E-state index >= 15 is 0 Å². The van der Waals surface area contributed by atoms with E-state index in [-0.39, 0.29) is 11.7 Å². The molecule has 1 nitrogen and oxygen atoms in total. The van der Waals surface area contributed by atoms with Crippen molar-refractivity contribution in [3.63, 3.8) is 0 Å². The summed E-state index contributed by atoms with van der Waals surface area (Å²) in [7, 11) is 0. The highest BCUT2D eigenvalue weighted by molar-refractivity contribution is 5.32. The van der Waals surface area contributed by atoms with Crippen molar-refractivity contribution >= 4 is 0 Å². The lowest BCUT2D eigenvalue weighted by Gasteiger charge is -2.10. The van der Waals surface area contributed by atoms with Gasteiger partial charge in [-0.05, 0) is 42.5 Å². The van der Waals surface area contributed by atoms with Gasteiger partial charge in [-0.15, -0.1) is 0 Å². The largest absolute Gasteiger partial charge is 0.490 e. The predicted molar refractivity (Wildman–Crippen MR) is 54.1 cm³/mol. The Balaban J connectivity index is 2.20.